The van der Waals surface area contributed by atoms with Crippen molar-refractivity contribution in [1.82, 2.24) is 20.2 Å². The number of rotatable bonds is 6. The van der Waals surface area contributed by atoms with Gasteiger partial charge in [-0.3, -0.25) is 5.10 Å². The molecule has 0 saturated heterocycles. The minimum absolute atomic E-state index is 0. The van der Waals surface area contributed by atoms with E-state index in [2.05, 4.69) is 25.5 Å². The topological polar surface area (TPSA) is 147 Å². The van der Waals surface area contributed by atoms with E-state index in [-0.39, 0.29) is 12.2 Å². The van der Waals surface area contributed by atoms with Gasteiger partial charge in [-0.25, -0.2) is 23.5 Å². The predicted octanol–water partition coefficient (Wildman–Crippen LogP) is 1.93. The first-order chi connectivity index (χ1) is 12.4. The predicted molar refractivity (Wildman–Crippen MR) is 98.6 cm³/mol. The van der Waals surface area contributed by atoms with Gasteiger partial charge in [0, 0.05) is 30.9 Å². The number of nitrogens with zero attached hydrogens (tertiary/aromatic N) is 3. The molecule has 3 aromatic heterocycles. The number of hydrogen-bond donors (Lipinski definition) is 4. The molecule has 138 valence electrons. The summed E-state index contributed by atoms with van der Waals surface area (Å²) in [5.74, 6) is 1.89. The summed E-state index contributed by atoms with van der Waals surface area (Å²) in [6, 6.07) is 4.94. The Labute approximate surface area is 154 Å². The van der Waals surface area contributed by atoms with Crippen LogP contribution in [0.5, 0.6) is 0 Å². The summed E-state index contributed by atoms with van der Waals surface area (Å²) in [4.78, 5) is 9.17. The van der Waals surface area contributed by atoms with Crippen LogP contribution in [0.4, 0.5) is 11.6 Å². The Hall–Kier alpha value is -2.34. The highest BCUT2D eigenvalue weighted by Crippen LogP contribution is 2.39. The largest absolute Gasteiger partial charge is 0.391 e. The van der Waals surface area contributed by atoms with Crippen molar-refractivity contribution in [3.63, 3.8) is 0 Å². The van der Waals surface area contributed by atoms with Gasteiger partial charge >= 0.3 is 0 Å². The normalized spacial score (nSPS) is 14.5. The molecule has 0 aliphatic heterocycles. The summed E-state index contributed by atoms with van der Waals surface area (Å²) in [6.45, 7) is -0.241. The van der Waals surface area contributed by atoms with Gasteiger partial charge in [0.2, 0.25) is 10.0 Å². The first-order valence-electron chi connectivity index (χ1n) is 7.86. The van der Waals surface area contributed by atoms with Crippen molar-refractivity contribution >= 4 is 33.0 Å². The van der Waals surface area contributed by atoms with E-state index < -0.39 is 10.0 Å². The van der Waals surface area contributed by atoms with Gasteiger partial charge in [0.05, 0.1) is 11.5 Å². The maximum absolute atomic E-state index is 11.4. The van der Waals surface area contributed by atoms with Gasteiger partial charge < -0.3 is 10.4 Å². The third-order valence-electron chi connectivity index (χ3n) is 3.98. The van der Waals surface area contributed by atoms with E-state index in [1.807, 2.05) is 6.07 Å². The maximum atomic E-state index is 11.4. The summed E-state index contributed by atoms with van der Waals surface area (Å²) in [5.41, 5.74) is 1.58. The highest BCUT2D eigenvalue weighted by molar-refractivity contribution is 7.91. The molecule has 3 heterocycles. The molecule has 3 aromatic rings. The zero-order valence-electron chi connectivity index (χ0n) is 13.5. The van der Waals surface area contributed by atoms with E-state index in [0.29, 0.717) is 33.8 Å². The minimum Gasteiger partial charge on any atom is -0.391 e. The Balaban J connectivity index is 0.00000210. The third kappa shape index (κ3) is 3.46. The van der Waals surface area contributed by atoms with Gasteiger partial charge in [-0.15, -0.1) is 11.3 Å². The SMILES string of the molecule is NS(=O)(=O)c1ccc(-c2ncc(CO)c(Nc3cc(C4CC4)[nH]n3)n2)s1.[HH]. The number of H-pyrrole nitrogens is 1. The number of primary sulfonamides is 1. The van der Waals surface area contributed by atoms with Gasteiger partial charge in [0.25, 0.3) is 0 Å². The van der Waals surface area contributed by atoms with E-state index in [9.17, 15) is 13.5 Å². The van der Waals surface area contributed by atoms with Gasteiger partial charge in [0.1, 0.15) is 10.0 Å². The number of nitrogens with two attached hydrogens (primary N) is 1. The fraction of sp³-hybridized carbons (Fsp3) is 0.267. The molecule has 0 radical (unpaired) electrons. The number of thiophene rings is 1. The van der Waals surface area contributed by atoms with E-state index >= 15 is 0 Å². The van der Waals surface area contributed by atoms with Crippen LogP contribution >= 0.6 is 11.3 Å². The molecule has 11 heteroatoms. The van der Waals surface area contributed by atoms with Crippen molar-refractivity contribution in [1.29, 1.82) is 0 Å². The molecule has 1 saturated carbocycles. The lowest BCUT2D eigenvalue weighted by Gasteiger charge is -2.08. The van der Waals surface area contributed by atoms with Gasteiger partial charge in [-0.05, 0) is 25.0 Å². The molecule has 26 heavy (non-hydrogen) atoms. The van der Waals surface area contributed by atoms with Crippen LogP contribution in [0.15, 0.2) is 28.6 Å². The molecule has 0 bridgehead atoms. The first kappa shape index (κ1) is 17.1. The first-order valence-corrected chi connectivity index (χ1v) is 10.2. The number of anilines is 2. The second kappa shape index (κ2) is 6.43. The number of sulfonamides is 1. The highest BCUT2D eigenvalue weighted by Gasteiger charge is 2.25. The number of aliphatic hydroxyl groups is 1. The summed E-state index contributed by atoms with van der Waals surface area (Å²) < 4.78 is 22.9. The number of nitrogens with one attached hydrogen (secondary N) is 2. The summed E-state index contributed by atoms with van der Waals surface area (Å²) in [6.07, 6.45) is 3.81. The molecule has 4 rings (SSSR count). The van der Waals surface area contributed by atoms with Crippen LogP contribution in [0.2, 0.25) is 0 Å². The number of hydrogen-bond acceptors (Lipinski definition) is 8. The van der Waals surface area contributed by atoms with E-state index in [4.69, 9.17) is 5.14 Å². The van der Waals surface area contributed by atoms with Gasteiger partial charge in [-0.2, -0.15) is 5.10 Å². The Morgan fingerprint density at radius 1 is 1.42 bits per heavy atom. The molecule has 1 aliphatic carbocycles. The minimum atomic E-state index is -3.77. The standard InChI is InChI=1S/C15H16N6O3S2.H2/c16-26(23,24)13-4-3-11(25-13)15-17-6-9(7-22)14(19-15)18-12-5-10(20-21-12)8-1-2-8;/h3-6,8,22H,1-2,7H2,(H2,16,23,24)(H2,17,18,19,20,21);1H. The molecule has 1 fully saturated rings. The molecule has 0 amide bonds. The van der Waals surface area contributed by atoms with Crippen LogP contribution in [0.25, 0.3) is 10.7 Å². The van der Waals surface area contributed by atoms with E-state index in [1.165, 1.54) is 12.3 Å². The molecule has 0 atom stereocenters. The van der Waals surface area contributed by atoms with Crippen molar-refractivity contribution in [2.45, 2.75) is 29.6 Å². The summed E-state index contributed by atoms with van der Waals surface area (Å²) in [5, 5.41) is 25.0. The molecule has 5 N–H and O–H groups in total. The monoisotopic (exact) mass is 394 g/mol. The second-order valence-corrected chi connectivity index (χ2v) is 8.87. The van der Waals surface area contributed by atoms with Crippen LogP contribution in [0, 0.1) is 0 Å². The lowest BCUT2D eigenvalue weighted by Crippen LogP contribution is -2.09. The van der Waals surface area contributed by atoms with Crippen LogP contribution < -0.4 is 10.5 Å². The lowest BCUT2D eigenvalue weighted by molar-refractivity contribution is 0.281. The molecule has 9 nitrogen and oxygen atoms in total. The van der Waals surface area contributed by atoms with Crippen molar-refractivity contribution in [2.24, 2.45) is 5.14 Å². The Bertz CT molecular complexity index is 1060. The highest BCUT2D eigenvalue weighted by atomic mass is 32.2. The quantitative estimate of drug-likeness (QED) is 0.499. The van der Waals surface area contributed by atoms with E-state index in [1.54, 1.807) is 6.07 Å². The average molecular weight is 394 g/mol. The molecule has 1 aliphatic rings. The number of aromatic amines is 1. The maximum Gasteiger partial charge on any atom is 0.247 e. The Morgan fingerprint density at radius 3 is 2.88 bits per heavy atom. The molecular formula is C15H18N6O3S2. The van der Waals surface area contributed by atoms with Crippen LogP contribution in [0.3, 0.4) is 0 Å². The molecule has 0 unspecified atom stereocenters. The average Bonchev–Trinajstić information content (AvgIpc) is 3.14. The molecular weight excluding hydrogens is 376 g/mol. The van der Waals surface area contributed by atoms with Crippen molar-refractivity contribution in [2.75, 3.05) is 5.32 Å². The van der Waals surface area contributed by atoms with Gasteiger partial charge in [0.15, 0.2) is 11.6 Å². The molecule has 0 spiro atoms. The van der Waals surface area contributed by atoms with Gasteiger partial charge in [-0.1, -0.05) is 0 Å². The van der Waals surface area contributed by atoms with Crippen LogP contribution in [-0.2, 0) is 16.6 Å². The lowest BCUT2D eigenvalue weighted by atomic mass is 10.3. The van der Waals surface area contributed by atoms with Crippen molar-refractivity contribution < 1.29 is 15.0 Å². The van der Waals surface area contributed by atoms with Crippen molar-refractivity contribution in [3.8, 4) is 10.7 Å². The zero-order chi connectivity index (χ0) is 18.3. The number of aromatic nitrogens is 4. The van der Waals surface area contributed by atoms with Crippen LogP contribution in [0.1, 0.15) is 31.4 Å². The Morgan fingerprint density at radius 2 is 2.23 bits per heavy atom. The van der Waals surface area contributed by atoms with Crippen molar-refractivity contribution in [3.05, 3.63) is 35.7 Å². The summed E-state index contributed by atoms with van der Waals surface area (Å²) >= 11 is 0.988. The fourth-order valence-corrected chi connectivity index (χ4v) is 4.14. The zero-order valence-corrected chi connectivity index (χ0v) is 15.1. The van der Waals surface area contributed by atoms with Crippen LogP contribution in [-0.4, -0.2) is 33.7 Å². The summed E-state index contributed by atoms with van der Waals surface area (Å²) in [7, 11) is -3.77. The number of aliphatic hydroxyl groups excluding tert-OH is 1. The Kier molecular flexibility index (Phi) is 4.23. The molecule has 0 aromatic carbocycles. The smallest absolute Gasteiger partial charge is 0.247 e. The second-order valence-electron chi connectivity index (χ2n) is 6.00. The van der Waals surface area contributed by atoms with E-state index in [0.717, 1.165) is 29.9 Å². The fourth-order valence-electron chi connectivity index (χ4n) is 2.47. The third-order valence-corrected chi connectivity index (χ3v) is 6.50.